The summed E-state index contributed by atoms with van der Waals surface area (Å²) in [6.45, 7) is 5.74. The van der Waals surface area contributed by atoms with E-state index in [0.29, 0.717) is 6.54 Å². The number of benzene rings is 1. The molecule has 0 spiro atoms. The first-order chi connectivity index (χ1) is 12.0. The minimum atomic E-state index is -3.33. The Morgan fingerprint density at radius 3 is 2.31 bits per heavy atom. The number of hydrogen-bond acceptors (Lipinski definition) is 5. The number of aliphatic carboxylic acids is 2. The van der Waals surface area contributed by atoms with Gasteiger partial charge in [-0.2, -0.15) is 0 Å². The summed E-state index contributed by atoms with van der Waals surface area (Å²) >= 11 is 0. The summed E-state index contributed by atoms with van der Waals surface area (Å²) in [6, 6.07) is 9.55. The molecule has 0 saturated heterocycles. The van der Waals surface area contributed by atoms with E-state index in [4.69, 9.17) is 9.63 Å². The molecule has 0 heterocycles. The molecule has 8 heteroatoms. The molecule has 0 saturated carbocycles. The number of carboxylic acid groups (broad SMARTS) is 2. The molecule has 0 aliphatic rings. The third kappa shape index (κ3) is 9.13. The Kier molecular flexibility index (Phi) is 8.47. The van der Waals surface area contributed by atoms with Crippen molar-refractivity contribution >= 4 is 19.3 Å². The number of nitrogens with one attached hydrogen (secondary N) is 1. The molecule has 0 aliphatic heterocycles. The van der Waals surface area contributed by atoms with Crippen molar-refractivity contribution in [2.24, 2.45) is 5.92 Å². The zero-order valence-electron chi connectivity index (χ0n) is 15.5. The van der Waals surface area contributed by atoms with Gasteiger partial charge in [0.1, 0.15) is 0 Å². The van der Waals surface area contributed by atoms with E-state index in [2.05, 4.69) is 5.32 Å². The highest BCUT2D eigenvalue weighted by molar-refractivity contribution is 7.59. The van der Waals surface area contributed by atoms with Crippen molar-refractivity contribution in [1.29, 1.82) is 0 Å². The summed E-state index contributed by atoms with van der Waals surface area (Å²) < 4.78 is 19.0. The average molecular weight is 385 g/mol. The Morgan fingerprint density at radius 1 is 1.19 bits per heavy atom. The van der Waals surface area contributed by atoms with Crippen molar-refractivity contribution in [3.05, 3.63) is 35.9 Å². The molecule has 0 aliphatic carbocycles. The second-order valence-electron chi connectivity index (χ2n) is 7.24. The zero-order chi connectivity index (χ0) is 19.8. The number of rotatable bonds is 11. The van der Waals surface area contributed by atoms with Crippen LogP contribution in [0.1, 0.15) is 39.2 Å². The van der Waals surface area contributed by atoms with Gasteiger partial charge in [-0.25, -0.2) is 0 Å². The Balaban J connectivity index is 2.81. The topological polar surface area (TPSA) is 113 Å². The van der Waals surface area contributed by atoms with E-state index in [1.165, 1.54) is 0 Å². The van der Waals surface area contributed by atoms with Crippen molar-refractivity contribution in [3.63, 3.8) is 0 Å². The van der Waals surface area contributed by atoms with Crippen LogP contribution in [0.25, 0.3) is 0 Å². The quantitative estimate of drug-likeness (QED) is 0.500. The second kappa shape index (κ2) is 9.86. The number of carboxylic acids is 2. The Labute approximate surface area is 154 Å². The summed E-state index contributed by atoms with van der Waals surface area (Å²) in [7, 11) is -3.33. The maximum Gasteiger partial charge on any atom is 0.307 e. The van der Waals surface area contributed by atoms with Crippen molar-refractivity contribution in [3.8, 4) is 0 Å². The highest BCUT2D eigenvalue weighted by Crippen LogP contribution is 2.51. The lowest BCUT2D eigenvalue weighted by atomic mass is 10.1. The number of hydrogen-bond donors (Lipinski definition) is 3. The Morgan fingerprint density at radius 2 is 1.81 bits per heavy atom. The van der Waals surface area contributed by atoms with Gasteiger partial charge >= 0.3 is 11.9 Å². The molecule has 7 nitrogen and oxygen atoms in total. The summed E-state index contributed by atoms with van der Waals surface area (Å²) in [5, 5.41) is 21.2. The first-order valence-corrected chi connectivity index (χ1v) is 10.5. The van der Waals surface area contributed by atoms with E-state index in [0.717, 1.165) is 5.56 Å². The molecule has 0 amide bonds. The van der Waals surface area contributed by atoms with E-state index >= 15 is 0 Å². The lowest BCUT2D eigenvalue weighted by Gasteiger charge is -2.29. The maximum absolute atomic E-state index is 13.3. The minimum absolute atomic E-state index is 0.0238. The molecule has 2 unspecified atom stereocenters. The van der Waals surface area contributed by atoms with Crippen molar-refractivity contribution in [2.45, 2.75) is 45.8 Å². The summed E-state index contributed by atoms with van der Waals surface area (Å²) in [5.74, 6) is -3.27. The van der Waals surface area contributed by atoms with E-state index in [1.807, 2.05) is 30.3 Å². The molecule has 1 rings (SSSR count). The zero-order valence-corrected chi connectivity index (χ0v) is 16.4. The van der Waals surface area contributed by atoms with Crippen LogP contribution in [0.2, 0.25) is 0 Å². The van der Waals surface area contributed by atoms with Gasteiger partial charge in [-0.3, -0.25) is 14.2 Å². The highest BCUT2D eigenvalue weighted by atomic mass is 31.2. The Hall–Kier alpha value is -1.69. The molecule has 0 radical (unpaired) electrons. The van der Waals surface area contributed by atoms with Crippen LogP contribution in [0.15, 0.2) is 30.3 Å². The molecule has 3 N–H and O–H groups in total. The van der Waals surface area contributed by atoms with Gasteiger partial charge < -0.3 is 20.1 Å². The smallest absolute Gasteiger partial charge is 0.307 e. The van der Waals surface area contributed by atoms with E-state index in [-0.39, 0.29) is 25.3 Å². The number of carbonyl (C=O) groups is 2. The molecule has 146 valence electrons. The summed E-state index contributed by atoms with van der Waals surface area (Å²) in [6.07, 6.45) is -0.546. The van der Waals surface area contributed by atoms with Crippen LogP contribution >= 0.6 is 7.37 Å². The average Bonchev–Trinajstić information content (AvgIpc) is 2.50. The Bertz CT molecular complexity index is 641. The molecule has 0 bridgehead atoms. The van der Waals surface area contributed by atoms with Gasteiger partial charge in [0.05, 0.1) is 17.8 Å². The molecule has 26 heavy (non-hydrogen) atoms. The van der Waals surface area contributed by atoms with Crippen LogP contribution in [0.3, 0.4) is 0 Å². The molecule has 1 aromatic rings. The van der Waals surface area contributed by atoms with Crippen LogP contribution < -0.4 is 5.32 Å². The normalized spacial score (nSPS) is 15.2. The van der Waals surface area contributed by atoms with Crippen LogP contribution in [0.5, 0.6) is 0 Å². The molecular weight excluding hydrogens is 357 g/mol. The van der Waals surface area contributed by atoms with E-state index in [9.17, 15) is 19.3 Å². The third-order valence-electron chi connectivity index (χ3n) is 3.52. The van der Waals surface area contributed by atoms with Gasteiger partial charge in [0.2, 0.25) is 7.37 Å². The first-order valence-electron chi connectivity index (χ1n) is 8.49. The summed E-state index contributed by atoms with van der Waals surface area (Å²) in [5.41, 5.74) is 0.301. The molecule has 0 aromatic heterocycles. The maximum atomic E-state index is 13.3. The highest BCUT2D eigenvalue weighted by Gasteiger charge is 2.35. The first kappa shape index (κ1) is 22.4. The van der Waals surface area contributed by atoms with Crippen molar-refractivity contribution in [2.75, 3.05) is 12.4 Å². The third-order valence-corrected chi connectivity index (χ3v) is 6.10. The van der Waals surface area contributed by atoms with Crippen LogP contribution in [-0.4, -0.2) is 40.2 Å². The van der Waals surface area contributed by atoms with Crippen molar-refractivity contribution in [1.82, 2.24) is 5.32 Å². The van der Waals surface area contributed by atoms with E-state index < -0.39 is 30.8 Å². The summed E-state index contributed by atoms with van der Waals surface area (Å²) in [4.78, 5) is 22.2. The molecule has 0 fully saturated rings. The lowest BCUT2D eigenvalue weighted by molar-refractivity contribution is -0.142. The predicted molar refractivity (Wildman–Crippen MR) is 99.5 cm³/mol. The molecule has 2 atom stereocenters. The van der Waals surface area contributed by atoms with Crippen LogP contribution in [0, 0.1) is 5.92 Å². The van der Waals surface area contributed by atoms with Gasteiger partial charge in [-0.1, -0.05) is 30.3 Å². The van der Waals surface area contributed by atoms with Gasteiger partial charge in [-0.05, 0) is 32.8 Å². The minimum Gasteiger partial charge on any atom is -0.481 e. The van der Waals surface area contributed by atoms with Gasteiger partial charge in [0.15, 0.2) is 0 Å². The van der Waals surface area contributed by atoms with Crippen molar-refractivity contribution < 1.29 is 28.9 Å². The van der Waals surface area contributed by atoms with Crippen LogP contribution in [0.4, 0.5) is 0 Å². The van der Waals surface area contributed by atoms with Crippen LogP contribution in [-0.2, 0) is 25.2 Å². The predicted octanol–water partition coefficient (Wildman–Crippen LogP) is 3.39. The van der Waals surface area contributed by atoms with Gasteiger partial charge in [0.25, 0.3) is 0 Å². The van der Waals surface area contributed by atoms with E-state index in [1.54, 1.807) is 20.8 Å². The van der Waals surface area contributed by atoms with Gasteiger partial charge in [0, 0.05) is 19.1 Å². The fourth-order valence-electron chi connectivity index (χ4n) is 2.53. The largest absolute Gasteiger partial charge is 0.481 e. The second-order valence-corrected chi connectivity index (χ2v) is 9.73. The fourth-order valence-corrected chi connectivity index (χ4v) is 5.26. The SMILES string of the molecule is CC(C)(C)OP(=O)(CNCc1ccccc1)CC(CCC(=O)O)C(=O)O. The monoisotopic (exact) mass is 385 g/mol. The molecule has 1 aromatic carbocycles. The molecular formula is C18H28NO6P. The fraction of sp³-hybridized carbons (Fsp3) is 0.556. The lowest BCUT2D eigenvalue weighted by Crippen LogP contribution is -2.28. The van der Waals surface area contributed by atoms with Gasteiger partial charge in [-0.15, -0.1) is 0 Å². The standard InChI is InChI=1S/C18H28NO6P/c1-18(2,3)25-26(24,12-15(17(22)23)9-10-16(20)21)13-19-11-14-7-5-4-6-8-14/h4-8,15,19H,9-13H2,1-3H3,(H,20,21)(H,22,23).